The van der Waals surface area contributed by atoms with Gasteiger partial charge in [-0.25, -0.2) is 0 Å². The van der Waals surface area contributed by atoms with Crippen molar-refractivity contribution in [3.05, 3.63) is 0 Å². The molecule has 0 aromatic rings. The number of likely N-dealkylation sites (tertiary alicyclic amines) is 1. The highest BCUT2D eigenvalue weighted by molar-refractivity contribution is 4.98. The van der Waals surface area contributed by atoms with Gasteiger partial charge in [-0.2, -0.15) is 5.26 Å². The van der Waals surface area contributed by atoms with Crippen molar-refractivity contribution in [2.75, 3.05) is 13.1 Å². The lowest BCUT2D eigenvalue weighted by Crippen LogP contribution is -2.42. The molecule has 2 nitrogen and oxygen atoms in total. The number of rotatable bonds is 2. The third-order valence-corrected chi connectivity index (χ3v) is 4.28. The number of hydrogen-bond donors (Lipinski definition) is 0. The van der Waals surface area contributed by atoms with Crippen LogP contribution in [0, 0.1) is 23.2 Å². The predicted molar refractivity (Wildman–Crippen MR) is 61.3 cm³/mol. The Kier molecular flexibility index (Phi) is 3.64. The van der Waals surface area contributed by atoms with Crippen LogP contribution in [0.4, 0.5) is 0 Å². The van der Waals surface area contributed by atoms with Gasteiger partial charge >= 0.3 is 0 Å². The molecule has 84 valence electrons. The van der Waals surface area contributed by atoms with Gasteiger partial charge in [-0.1, -0.05) is 13.3 Å². The second-order valence-electron chi connectivity index (χ2n) is 5.13. The van der Waals surface area contributed by atoms with E-state index < -0.39 is 0 Å². The normalized spacial score (nSPS) is 37.7. The number of hydrogen-bond acceptors (Lipinski definition) is 2. The van der Waals surface area contributed by atoms with Crippen LogP contribution in [0.15, 0.2) is 0 Å². The van der Waals surface area contributed by atoms with Crippen molar-refractivity contribution in [1.29, 1.82) is 5.26 Å². The molecule has 0 spiro atoms. The van der Waals surface area contributed by atoms with Gasteiger partial charge < -0.3 is 0 Å². The van der Waals surface area contributed by atoms with E-state index in [-0.39, 0.29) is 0 Å². The van der Waals surface area contributed by atoms with Crippen molar-refractivity contribution in [3.8, 4) is 6.07 Å². The molecule has 1 saturated heterocycles. The molecule has 0 aromatic carbocycles. The molecule has 3 unspecified atom stereocenters. The zero-order valence-corrected chi connectivity index (χ0v) is 9.78. The van der Waals surface area contributed by atoms with E-state index in [0.29, 0.717) is 12.0 Å². The predicted octanol–water partition coefficient (Wildman–Crippen LogP) is 2.80. The lowest BCUT2D eigenvalue weighted by Gasteiger charge is -2.38. The lowest BCUT2D eigenvalue weighted by molar-refractivity contribution is 0.122. The standard InChI is InChI=1S/C13H22N2/c1-2-11-5-6-12(10-14)13(9-11)15-7-3-4-8-15/h11-13H,2-9H2,1H3. The second-order valence-corrected chi connectivity index (χ2v) is 5.13. The molecular formula is C13H22N2. The molecule has 15 heavy (non-hydrogen) atoms. The van der Waals surface area contributed by atoms with Gasteiger partial charge in [0, 0.05) is 6.04 Å². The van der Waals surface area contributed by atoms with E-state index in [0.717, 1.165) is 12.3 Å². The zero-order chi connectivity index (χ0) is 10.7. The average molecular weight is 206 g/mol. The van der Waals surface area contributed by atoms with Crippen LogP contribution in [0.5, 0.6) is 0 Å². The van der Waals surface area contributed by atoms with Gasteiger partial charge in [0.15, 0.2) is 0 Å². The Hall–Kier alpha value is -0.550. The first-order valence-electron chi connectivity index (χ1n) is 6.48. The maximum absolute atomic E-state index is 9.20. The molecule has 3 atom stereocenters. The van der Waals surface area contributed by atoms with Gasteiger partial charge in [-0.05, 0) is 51.1 Å². The summed E-state index contributed by atoms with van der Waals surface area (Å²) in [6.07, 6.45) is 7.66. The van der Waals surface area contributed by atoms with E-state index in [1.165, 1.54) is 45.2 Å². The largest absolute Gasteiger partial charge is 0.299 e. The molecule has 1 saturated carbocycles. The van der Waals surface area contributed by atoms with E-state index >= 15 is 0 Å². The highest BCUT2D eigenvalue weighted by atomic mass is 15.2. The Labute approximate surface area is 93.3 Å². The molecule has 1 heterocycles. The molecule has 0 bridgehead atoms. The van der Waals surface area contributed by atoms with E-state index in [1.54, 1.807) is 0 Å². The fourth-order valence-electron chi connectivity index (χ4n) is 3.23. The molecule has 0 amide bonds. The fraction of sp³-hybridized carbons (Fsp3) is 0.923. The van der Waals surface area contributed by atoms with Gasteiger partial charge in [0.2, 0.25) is 0 Å². The summed E-state index contributed by atoms with van der Waals surface area (Å²) < 4.78 is 0. The zero-order valence-electron chi connectivity index (χ0n) is 9.78. The minimum atomic E-state index is 0.311. The van der Waals surface area contributed by atoms with Crippen LogP contribution >= 0.6 is 0 Å². The van der Waals surface area contributed by atoms with Crippen molar-refractivity contribution < 1.29 is 0 Å². The van der Waals surface area contributed by atoms with Crippen molar-refractivity contribution in [2.24, 2.45) is 11.8 Å². The van der Waals surface area contributed by atoms with E-state index in [2.05, 4.69) is 17.9 Å². The number of nitrogens with zero attached hydrogens (tertiary/aromatic N) is 2. The summed E-state index contributed by atoms with van der Waals surface area (Å²) in [5, 5.41) is 9.20. The van der Waals surface area contributed by atoms with Crippen LogP contribution in [-0.4, -0.2) is 24.0 Å². The monoisotopic (exact) mass is 206 g/mol. The fourth-order valence-corrected chi connectivity index (χ4v) is 3.23. The molecule has 2 fully saturated rings. The molecule has 1 aliphatic carbocycles. The maximum Gasteiger partial charge on any atom is 0.0672 e. The van der Waals surface area contributed by atoms with Crippen LogP contribution in [0.25, 0.3) is 0 Å². The Balaban J connectivity index is 2.00. The second kappa shape index (κ2) is 4.99. The maximum atomic E-state index is 9.20. The van der Waals surface area contributed by atoms with Crippen LogP contribution in [-0.2, 0) is 0 Å². The molecule has 2 aliphatic rings. The van der Waals surface area contributed by atoms with E-state index in [4.69, 9.17) is 0 Å². The van der Waals surface area contributed by atoms with Gasteiger partial charge in [-0.3, -0.25) is 4.90 Å². The summed E-state index contributed by atoms with van der Waals surface area (Å²) in [6, 6.07) is 3.11. The summed E-state index contributed by atoms with van der Waals surface area (Å²) in [7, 11) is 0. The average Bonchev–Trinajstić information content (AvgIpc) is 2.81. The topological polar surface area (TPSA) is 27.0 Å². The minimum Gasteiger partial charge on any atom is -0.299 e. The van der Waals surface area contributed by atoms with Gasteiger partial charge in [0.1, 0.15) is 0 Å². The summed E-state index contributed by atoms with van der Waals surface area (Å²) in [4.78, 5) is 2.58. The van der Waals surface area contributed by atoms with Crippen molar-refractivity contribution in [2.45, 2.75) is 51.5 Å². The van der Waals surface area contributed by atoms with E-state index in [1.807, 2.05) is 0 Å². The van der Waals surface area contributed by atoms with Crippen LogP contribution in [0.2, 0.25) is 0 Å². The summed E-state index contributed by atoms with van der Waals surface area (Å²) in [5.74, 6) is 1.19. The Morgan fingerprint density at radius 1 is 1.27 bits per heavy atom. The van der Waals surface area contributed by atoms with Crippen LogP contribution < -0.4 is 0 Å². The lowest BCUT2D eigenvalue weighted by atomic mass is 9.77. The smallest absolute Gasteiger partial charge is 0.0672 e. The SMILES string of the molecule is CCC1CCC(C#N)C(N2CCCC2)C1. The molecule has 0 aromatic heterocycles. The molecule has 2 rings (SSSR count). The minimum absolute atomic E-state index is 0.311. The summed E-state index contributed by atoms with van der Waals surface area (Å²) in [5.41, 5.74) is 0. The Bertz CT molecular complexity index is 237. The molecule has 0 radical (unpaired) electrons. The Morgan fingerprint density at radius 2 is 2.00 bits per heavy atom. The van der Waals surface area contributed by atoms with Gasteiger partial charge in [-0.15, -0.1) is 0 Å². The van der Waals surface area contributed by atoms with E-state index in [9.17, 15) is 5.26 Å². The first-order chi connectivity index (χ1) is 7.35. The first-order valence-corrected chi connectivity index (χ1v) is 6.48. The number of nitriles is 1. The third kappa shape index (κ3) is 2.34. The Morgan fingerprint density at radius 3 is 2.60 bits per heavy atom. The van der Waals surface area contributed by atoms with Crippen LogP contribution in [0.3, 0.4) is 0 Å². The molecular weight excluding hydrogens is 184 g/mol. The van der Waals surface area contributed by atoms with Crippen molar-refractivity contribution in [3.63, 3.8) is 0 Å². The first kappa shape index (κ1) is 11.0. The summed E-state index contributed by atoms with van der Waals surface area (Å²) in [6.45, 7) is 4.76. The summed E-state index contributed by atoms with van der Waals surface area (Å²) >= 11 is 0. The molecule has 2 heteroatoms. The molecule has 0 N–H and O–H groups in total. The third-order valence-electron chi connectivity index (χ3n) is 4.28. The van der Waals surface area contributed by atoms with Gasteiger partial charge in [0.25, 0.3) is 0 Å². The van der Waals surface area contributed by atoms with Gasteiger partial charge in [0.05, 0.1) is 12.0 Å². The quantitative estimate of drug-likeness (QED) is 0.694. The van der Waals surface area contributed by atoms with Crippen molar-refractivity contribution >= 4 is 0 Å². The highest BCUT2D eigenvalue weighted by Crippen LogP contribution is 2.34. The van der Waals surface area contributed by atoms with Crippen LogP contribution in [0.1, 0.15) is 45.4 Å². The molecule has 1 aliphatic heterocycles. The highest BCUT2D eigenvalue weighted by Gasteiger charge is 2.34. The van der Waals surface area contributed by atoms with Crippen molar-refractivity contribution in [1.82, 2.24) is 4.90 Å².